The molecule has 2 aliphatic rings. The highest BCUT2D eigenvalue weighted by Gasteiger charge is 2.29. The lowest BCUT2D eigenvalue weighted by Gasteiger charge is -2.36. The minimum Gasteiger partial charge on any atom is -0.469 e. The molecule has 1 saturated carbocycles. The number of rotatable bonds is 7. The molecule has 2 N–H and O–H groups in total. The third-order valence-corrected chi connectivity index (χ3v) is 5.58. The van der Waals surface area contributed by atoms with Gasteiger partial charge in [0, 0.05) is 65.2 Å². The van der Waals surface area contributed by atoms with Crippen molar-refractivity contribution in [3.8, 4) is 0 Å². The zero-order chi connectivity index (χ0) is 18.9. The number of hydrogen-bond donors (Lipinski definition) is 2. The zero-order valence-electron chi connectivity index (χ0n) is 16.9. The summed E-state index contributed by atoms with van der Waals surface area (Å²) in [4.78, 5) is 21.3. The van der Waals surface area contributed by atoms with Crippen LogP contribution in [0, 0.1) is 5.92 Å². The van der Waals surface area contributed by atoms with Gasteiger partial charge in [-0.25, -0.2) is 0 Å². The van der Waals surface area contributed by atoms with Crippen LogP contribution in [0.5, 0.6) is 0 Å². The van der Waals surface area contributed by atoms with Crippen molar-refractivity contribution < 1.29 is 9.21 Å². The first-order chi connectivity index (χ1) is 13.3. The summed E-state index contributed by atoms with van der Waals surface area (Å²) in [6, 6.07) is 3.89. The average Bonchev–Trinajstić information content (AvgIpc) is 3.41. The molecule has 0 unspecified atom stereocenters. The smallest absolute Gasteiger partial charge is 0.225 e. The van der Waals surface area contributed by atoms with E-state index in [1.54, 1.807) is 13.3 Å². The average molecular weight is 503 g/mol. The van der Waals surface area contributed by atoms with Gasteiger partial charge in [0.2, 0.25) is 5.91 Å². The van der Waals surface area contributed by atoms with Crippen molar-refractivity contribution in [2.75, 3.05) is 52.9 Å². The Labute approximate surface area is 185 Å². The summed E-state index contributed by atoms with van der Waals surface area (Å²) in [5.74, 6) is 2.49. The van der Waals surface area contributed by atoms with Crippen LogP contribution in [-0.4, -0.2) is 74.5 Å². The molecule has 28 heavy (non-hydrogen) atoms. The van der Waals surface area contributed by atoms with Gasteiger partial charge in [0.05, 0.1) is 6.26 Å². The summed E-state index contributed by atoms with van der Waals surface area (Å²) in [5, 5.41) is 6.67. The van der Waals surface area contributed by atoms with E-state index in [1.807, 2.05) is 12.1 Å². The van der Waals surface area contributed by atoms with Gasteiger partial charge in [0.15, 0.2) is 5.96 Å². The molecule has 1 aliphatic heterocycles. The highest BCUT2D eigenvalue weighted by molar-refractivity contribution is 14.0. The monoisotopic (exact) mass is 503 g/mol. The summed E-state index contributed by atoms with van der Waals surface area (Å²) in [6.45, 7) is 6.25. The minimum absolute atomic E-state index is 0. The van der Waals surface area contributed by atoms with Crippen LogP contribution in [-0.2, 0) is 11.2 Å². The lowest BCUT2D eigenvalue weighted by Crippen LogP contribution is -2.52. The molecule has 1 aromatic heterocycles. The predicted molar refractivity (Wildman–Crippen MR) is 122 cm³/mol. The van der Waals surface area contributed by atoms with Crippen molar-refractivity contribution >= 4 is 35.8 Å². The number of piperazine rings is 1. The molecule has 1 aromatic rings. The largest absolute Gasteiger partial charge is 0.469 e. The Kier molecular flexibility index (Phi) is 10.1. The van der Waals surface area contributed by atoms with Crippen LogP contribution in [0.4, 0.5) is 0 Å². The number of nitrogens with zero attached hydrogens (tertiary/aromatic N) is 3. The number of carbonyl (C=O) groups is 1. The van der Waals surface area contributed by atoms with Gasteiger partial charge in [0.25, 0.3) is 0 Å². The molecule has 0 atom stereocenters. The maximum atomic E-state index is 12.5. The Morgan fingerprint density at radius 2 is 1.89 bits per heavy atom. The summed E-state index contributed by atoms with van der Waals surface area (Å²) >= 11 is 0. The maximum Gasteiger partial charge on any atom is 0.225 e. The lowest BCUT2D eigenvalue weighted by molar-refractivity contribution is -0.137. The van der Waals surface area contributed by atoms with E-state index in [1.165, 1.54) is 12.8 Å². The second kappa shape index (κ2) is 12.3. The molecule has 0 spiro atoms. The summed E-state index contributed by atoms with van der Waals surface area (Å²) in [5.41, 5.74) is 0. The molecular weight excluding hydrogens is 469 g/mol. The van der Waals surface area contributed by atoms with Crippen LogP contribution in [0.15, 0.2) is 27.8 Å². The van der Waals surface area contributed by atoms with Gasteiger partial charge in [-0.15, -0.1) is 24.0 Å². The molecule has 0 bridgehead atoms. The Morgan fingerprint density at radius 1 is 1.18 bits per heavy atom. The first kappa shape index (κ1) is 23.0. The van der Waals surface area contributed by atoms with Crippen molar-refractivity contribution in [1.82, 2.24) is 20.4 Å². The van der Waals surface area contributed by atoms with Gasteiger partial charge in [-0.2, -0.15) is 0 Å². The first-order valence-corrected chi connectivity index (χ1v) is 10.2. The van der Waals surface area contributed by atoms with Crippen LogP contribution in [0.1, 0.15) is 31.4 Å². The van der Waals surface area contributed by atoms with Crippen LogP contribution in [0.3, 0.4) is 0 Å². The zero-order valence-corrected chi connectivity index (χ0v) is 19.2. The summed E-state index contributed by atoms with van der Waals surface area (Å²) in [7, 11) is 1.79. The highest BCUT2D eigenvalue weighted by Crippen LogP contribution is 2.26. The third kappa shape index (κ3) is 6.95. The van der Waals surface area contributed by atoms with E-state index in [-0.39, 0.29) is 24.0 Å². The number of amides is 1. The minimum atomic E-state index is 0. The number of furan rings is 1. The maximum absolute atomic E-state index is 12.5. The summed E-state index contributed by atoms with van der Waals surface area (Å²) in [6.07, 6.45) is 7.16. The number of aliphatic imine (C=N–C) groups is 1. The number of guanidine groups is 1. The van der Waals surface area contributed by atoms with Gasteiger partial charge < -0.3 is 20.0 Å². The van der Waals surface area contributed by atoms with E-state index in [0.29, 0.717) is 11.8 Å². The van der Waals surface area contributed by atoms with Gasteiger partial charge in [0.1, 0.15) is 5.76 Å². The molecule has 1 amide bonds. The second-order valence-electron chi connectivity index (χ2n) is 7.40. The Hall–Kier alpha value is -1.29. The molecule has 1 aliphatic carbocycles. The number of nitrogens with one attached hydrogen (secondary N) is 2. The molecular formula is C20H34IN5O2. The topological polar surface area (TPSA) is 73.1 Å². The van der Waals surface area contributed by atoms with Gasteiger partial charge in [-0.05, 0) is 25.0 Å². The van der Waals surface area contributed by atoms with Crippen LogP contribution in [0.2, 0.25) is 0 Å². The molecule has 1 saturated heterocycles. The normalized spacial score (nSPS) is 18.8. The molecule has 0 aromatic carbocycles. The van der Waals surface area contributed by atoms with Crippen molar-refractivity contribution in [2.24, 2.45) is 10.9 Å². The van der Waals surface area contributed by atoms with E-state index >= 15 is 0 Å². The van der Waals surface area contributed by atoms with Crippen molar-refractivity contribution in [2.45, 2.75) is 32.1 Å². The molecule has 0 radical (unpaired) electrons. The van der Waals surface area contributed by atoms with E-state index in [0.717, 1.165) is 76.8 Å². The molecule has 158 valence electrons. The lowest BCUT2D eigenvalue weighted by atomic mass is 10.1. The fourth-order valence-electron chi connectivity index (χ4n) is 3.93. The van der Waals surface area contributed by atoms with Crippen LogP contribution < -0.4 is 10.6 Å². The van der Waals surface area contributed by atoms with Crippen LogP contribution >= 0.6 is 24.0 Å². The number of carbonyl (C=O) groups excluding carboxylic acids is 1. The van der Waals surface area contributed by atoms with Crippen molar-refractivity contribution in [1.29, 1.82) is 0 Å². The van der Waals surface area contributed by atoms with E-state index < -0.39 is 0 Å². The van der Waals surface area contributed by atoms with Crippen molar-refractivity contribution in [3.63, 3.8) is 0 Å². The molecule has 7 nitrogen and oxygen atoms in total. The second-order valence-corrected chi connectivity index (χ2v) is 7.40. The summed E-state index contributed by atoms with van der Waals surface area (Å²) < 4.78 is 5.33. The Morgan fingerprint density at radius 3 is 2.54 bits per heavy atom. The van der Waals surface area contributed by atoms with E-state index in [2.05, 4.69) is 25.4 Å². The van der Waals surface area contributed by atoms with Crippen molar-refractivity contribution in [3.05, 3.63) is 24.2 Å². The van der Waals surface area contributed by atoms with Crippen LogP contribution in [0.25, 0.3) is 0 Å². The first-order valence-electron chi connectivity index (χ1n) is 10.2. The van der Waals surface area contributed by atoms with Gasteiger partial charge >= 0.3 is 0 Å². The molecule has 2 heterocycles. The fourth-order valence-corrected chi connectivity index (χ4v) is 3.93. The highest BCUT2D eigenvalue weighted by atomic mass is 127. The standard InChI is InChI=1S/C20H33N5O2.HI/c1-21-20(22-9-8-18-7-4-16-27-18)23-10-11-24-12-14-25(15-13-24)19(26)17-5-2-3-6-17;/h4,7,16-17H,2-3,5-6,8-15H2,1H3,(H2,21,22,23);1H. The van der Waals surface area contributed by atoms with Gasteiger partial charge in [-0.1, -0.05) is 12.8 Å². The third-order valence-electron chi connectivity index (χ3n) is 5.58. The van der Waals surface area contributed by atoms with Gasteiger partial charge in [-0.3, -0.25) is 14.7 Å². The predicted octanol–water partition coefficient (Wildman–Crippen LogP) is 1.94. The SMILES string of the molecule is CN=C(NCCc1ccco1)NCCN1CCN(C(=O)C2CCCC2)CC1.I. The Balaban J connectivity index is 0.00000280. The fraction of sp³-hybridized carbons (Fsp3) is 0.700. The quantitative estimate of drug-likeness (QED) is 0.338. The van der Waals surface area contributed by atoms with E-state index in [9.17, 15) is 4.79 Å². The number of halogens is 1. The molecule has 8 heteroatoms. The Bertz CT molecular complexity index is 594. The van der Waals surface area contributed by atoms with E-state index in [4.69, 9.17) is 4.42 Å². The molecule has 3 rings (SSSR count). The molecule has 2 fully saturated rings. The number of hydrogen-bond acceptors (Lipinski definition) is 4.